The van der Waals surface area contributed by atoms with E-state index >= 15 is 0 Å². The quantitative estimate of drug-likeness (QED) is 0.356. The summed E-state index contributed by atoms with van der Waals surface area (Å²) in [4.78, 5) is 14.1. The Morgan fingerprint density at radius 1 is 0.939 bits per heavy atom. The molecule has 5 rings (SSSR count). The second-order valence-corrected chi connectivity index (χ2v) is 8.69. The van der Waals surface area contributed by atoms with Gasteiger partial charge in [-0.15, -0.1) is 0 Å². The highest BCUT2D eigenvalue weighted by molar-refractivity contribution is 5.77. The lowest BCUT2D eigenvalue weighted by molar-refractivity contribution is 0.355. The summed E-state index contributed by atoms with van der Waals surface area (Å²) >= 11 is 0. The van der Waals surface area contributed by atoms with Crippen molar-refractivity contribution >= 4 is 5.95 Å². The lowest BCUT2D eigenvalue weighted by Crippen LogP contribution is -2.14. The van der Waals surface area contributed by atoms with Gasteiger partial charge in [-0.25, -0.2) is 19.3 Å². The Kier molecular flexibility index (Phi) is 6.15. The standard InChI is InChI=1S/C27H28FN5/c1-19(20-8-4-2-5-9-20)31-27-29-17-16-24(32-27)26-25(21-12-14-22(28)15-13-21)30-18-33(26)23-10-6-3-7-11-23/h2,4-5,8-9,12-19,23H,3,6-7,10-11H2,1H3,(H,29,31,32)/t19-/m0/s1. The molecule has 0 spiro atoms. The molecule has 33 heavy (non-hydrogen) atoms. The van der Waals surface area contributed by atoms with Crippen molar-refractivity contribution in [1.29, 1.82) is 0 Å². The average molecular weight is 442 g/mol. The van der Waals surface area contributed by atoms with Crippen molar-refractivity contribution in [2.24, 2.45) is 0 Å². The second-order valence-electron chi connectivity index (χ2n) is 8.69. The van der Waals surface area contributed by atoms with Gasteiger partial charge in [0.1, 0.15) is 5.82 Å². The van der Waals surface area contributed by atoms with Crippen molar-refractivity contribution in [3.05, 3.63) is 84.6 Å². The molecular formula is C27H28FN5. The Hall–Kier alpha value is -3.54. The summed E-state index contributed by atoms with van der Waals surface area (Å²) in [6, 6.07) is 19.2. The third kappa shape index (κ3) is 4.65. The number of hydrogen-bond acceptors (Lipinski definition) is 4. The van der Waals surface area contributed by atoms with Gasteiger partial charge in [0.05, 0.1) is 29.5 Å². The number of hydrogen-bond donors (Lipinski definition) is 1. The minimum absolute atomic E-state index is 0.0706. The van der Waals surface area contributed by atoms with Gasteiger partial charge in [-0.3, -0.25) is 0 Å². The van der Waals surface area contributed by atoms with Crippen molar-refractivity contribution in [1.82, 2.24) is 19.5 Å². The van der Waals surface area contributed by atoms with E-state index in [9.17, 15) is 4.39 Å². The molecular weight excluding hydrogens is 413 g/mol. The van der Waals surface area contributed by atoms with E-state index in [-0.39, 0.29) is 11.9 Å². The highest BCUT2D eigenvalue weighted by Gasteiger charge is 2.23. The molecule has 0 amide bonds. The first-order valence-corrected chi connectivity index (χ1v) is 11.7. The highest BCUT2D eigenvalue weighted by Crippen LogP contribution is 2.37. The zero-order chi connectivity index (χ0) is 22.6. The minimum Gasteiger partial charge on any atom is -0.348 e. The molecule has 0 radical (unpaired) electrons. The van der Waals surface area contributed by atoms with Crippen LogP contribution in [0.5, 0.6) is 0 Å². The number of nitrogens with zero attached hydrogens (tertiary/aromatic N) is 4. The van der Waals surface area contributed by atoms with Gasteiger partial charge in [0.2, 0.25) is 5.95 Å². The van der Waals surface area contributed by atoms with Crippen molar-refractivity contribution < 1.29 is 4.39 Å². The Morgan fingerprint density at radius 2 is 1.70 bits per heavy atom. The SMILES string of the molecule is C[C@H](Nc1nccc(-c2c(-c3ccc(F)cc3)ncn2C2CCCCC2)n1)c1ccccc1. The summed E-state index contributed by atoms with van der Waals surface area (Å²) in [6.07, 6.45) is 9.70. The van der Waals surface area contributed by atoms with Crippen LogP contribution in [-0.4, -0.2) is 19.5 Å². The smallest absolute Gasteiger partial charge is 0.223 e. The summed E-state index contributed by atoms with van der Waals surface area (Å²) < 4.78 is 15.9. The summed E-state index contributed by atoms with van der Waals surface area (Å²) in [5, 5.41) is 3.42. The van der Waals surface area contributed by atoms with Gasteiger partial charge in [0.25, 0.3) is 0 Å². The summed E-state index contributed by atoms with van der Waals surface area (Å²) in [6.45, 7) is 2.10. The monoisotopic (exact) mass is 441 g/mol. The third-order valence-electron chi connectivity index (χ3n) is 6.42. The molecule has 1 saturated carbocycles. The predicted molar refractivity (Wildman–Crippen MR) is 129 cm³/mol. The molecule has 0 saturated heterocycles. The van der Waals surface area contributed by atoms with Gasteiger partial charge in [0, 0.05) is 17.8 Å². The second kappa shape index (κ2) is 9.53. The normalized spacial score (nSPS) is 15.3. The Labute approximate surface area is 193 Å². The van der Waals surface area contributed by atoms with Crippen LogP contribution >= 0.6 is 0 Å². The summed E-state index contributed by atoms with van der Waals surface area (Å²) in [5.41, 5.74) is 4.65. The number of imidazole rings is 1. The highest BCUT2D eigenvalue weighted by atomic mass is 19.1. The Morgan fingerprint density at radius 3 is 2.45 bits per heavy atom. The van der Waals surface area contributed by atoms with Crippen LogP contribution in [0.2, 0.25) is 0 Å². The molecule has 1 aliphatic carbocycles. The zero-order valence-corrected chi connectivity index (χ0v) is 18.8. The minimum atomic E-state index is -0.254. The first kappa shape index (κ1) is 21.3. The fourth-order valence-electron chi connectivity index (χ4n) is 4.65. The number of nitrogens with one attached hydrogen (secondary N) is 1. The van der Waals surface area contributed by atoms with Crippen LogP contribution < -0.4 is 5.32 Å². The van der Waals surface area contributed by atoms with Crippen molar-refractivity contribution in [3.63, 3.8) is 0 Å². The van der Waals surface area contributed by atoms with Crippen LogP contribution in [0.1, 0.15) is 56.7 Å². The van der Waals surface area contributed by atoms with E-state index in [0.29, 0.717) is 12.0 Å². The topological polar surface area (TPSA) is 55.6 Å². The lowest BCUT2D eigenvalue weighted by Gasteiger charge is -2.25. The van der Waals surface area contributed by atoms with Crippen molar-refractivity contribution in [2.45, 2.75) is 51.1 Å². The van der Waals surface area contributed by atoms with Gasteiger partial charge in [-0.1, -0.05) is 49.6 Å². The number of halogens is 1. The molecule has 1 aliphatic rings. The Balaban J connectivity index is 1.53. The van der Waals surface area contributed by atoms with Crippen LogP contribution in [-0.2, 0) is 0 Å². The number of anilines is 1. The Bertz CT molecular complexity index is 1200. The molecule has 2 heterocycles. The number of rotatable bonds is 6. The summed E-state index contributed by atoms with van der Waals surface area (Å²) in [7, 11) is 0. The predicted octanol–water partition coefficient (Wildman–Crippen LogP) is 6.82. The van der Waals surface area contributed by atoms with Crippen LogP contribution in [0.25, 0.3) is 22.6 Å². The van der Waals surface area contributed by atoms with Gasteiger partial charge >= 0.3 is 0 Å². The molecule has 1 fully saturated rings. The molecule has 2 aromatic heterocycles. The molecule has 0 unspecified atom stereocenters. The first-order chi connectivity index (χ1) is 16.2. The van der Waals surface area contributed by atoms with Gasteiger partial charge in [-0.2, -0.15) is 0 Å². The van der Waals surface area contributed by atoms with E-state index in [1.165, 1.54) is 37.0 Å². The maximum absolute atomic E-state index is 13.6. The number of benzene rings is 2. The van der Waals surface area contributed by atoms with E-state index in [1.54, 1.807) is 18.3 Å². The molecule has 1 N–H and O–H groups in total. The van der Waals surface area contributed by atoms with E-state index in [2.05, 4.69) is 33.9 Å². The average Bonchev–Trinajstić information content (AvgIpc) is 3.31. The van der Waals surface area contributed by atoms with E-state index in [4.69, 9.17) is 9.97 Å². The number of aromatic nitrogens is 4. The third-order valence-corrected chi connectivity index (χ3v) is 6.42. The fourth-order valence-corrected chi connectivity index (χ4v) is 4.65. The largest absolute Gasteiger partial charge is 0.348 e. The van der Waals surface area contributed by atoms with Gasteiger partial charge in [0.15, 0.2) is 0 Å². The molecule has 168 valence electrons. The van der Waals surface area contributed by atoms with Crippen molar-refractivity contribution in [3.8, 4) is 22.6 Å². The van der Waals surface area contributed by atoms with Gasteiger partial charge in [-0.05, 0) is 55.7 Å². The van der Waals surface area contributed by atoms with E-state index in [0.717, 1.165) is 35.5 Å². The summed E-state index contributed by atoms with van der Waals surface area (Å²) in [5.74, 6) is 0.320. The molecule has 4 aromatic rings. The maximum atomic E-state index is 13.6. The van der Waals surface area contributed by atoms with E-state index < -0.39 is 0 Å². The maximum Gasteiger partial charge on any atom is 0.223 e. The lowest BCUT2D eigenvalue weighted by atomic mass is 9.95. The molecule has 0 aliphatic heterocycles. The first-order valence-electron chi connectivity index (χ1n) is 11.7. The van der Waals surface area contributed by atoms with Crippen LogP contribution in [0.4, 0.5) is 10.3 Å². The molecule has 5 nitrogen and oxygen atoms in total. The zero-order valence-electron chi connectivity index (χ0n) is 18.8. The molecule has 0 bridgehead atoms. The van der Waals surface area contributed by atoms with E-state index in [1.807, 2.05) is 30.6 Å². The molecule has 6 heteroatoms. The van der Waals surface area contributed by atoms with Crippen molar-refractivity contribution in [2.75, 3.05) is 5.32 Å². The van der Waals surface area contributed by atoms with Crippen LogP contribution in [0.15, 0.2) is 73.2 Å². The molecule has 1 atom stereocenters. The van der Waals surface area contributed by atoms with Gasteiger partial charge < -0.3 is 9.88 Å². The van der Waals surface area contributed by atoms with Crippen LogP contribution in [0.3, 0.4) is 0 Å². The fraction of sp³-hybridized carbons (Fsp3) is 0.296. The van der Waals surface area contributed by atoms with Crippen LogP contribution in [0, 0.1) is 5.82 Å². The molecule has 2 aromatic carbocycles.